The topological polar surface area (TPSA) is 51.0 Å². The molecule has 1 atom stereocenters. The Morgan fingerprint density at radius 2 is 1.94 bits per heavy atom. The summed E-state index contributed by atoms with van der Waals surface area (Å²) in [6, 6.07) is 13.2. The molecule has 5 rings (SSSR count). The Labute approximate surface area is 198 Å². The molecule has 168 valence electrons. The first-order valence-electron chi connectivity index (χ1n) is 11.7. The standard InChI is InChI=1S/C25H30N4OS2/c1-18(24(30)28-14-13-19-8-5-6-9-20(19)17-28)32-25-27-26-23(16-22-12-7-15-31-22)29(25)21-10-3-2-4-11-21/h5-9,12,15,18,21H,2-4,10-11,13-14,16-17H2,1H3. The van der Waals surface area contributed by atoms with Crippen LogP contribution in [0.15, 0.2) is 46.9 Å². The summed E-state index contributed by atoms with van der Waals surface area (Å²) in [5, 5.41) is 12.0. The molecule has 0 spiro atoms. The maximum Gasteiger partial charge on any atom is 0.236 e. The SMILES string of the molecule is CC(Sc1nnc(Cc2cccs2)n1C1CCCCC1)C(=O)N1CCc2ccccc2C1. The number of nitrogens with zero attached hydrogens (tertiary/aromatic N) is 4. The molecule has 1 amide bonds. The Morgan fingerprint density at radius 1 is 1.12 bits per heavy atom. The molecule has 1 aromatic carbocycles. The normalized spacial score (nSPS) is 17.8. The minimum Gasteiger partial charge on any atom is -0.337 e. The molecular weight excluding hydrogens is 436 g/mol. The number of amides is 1. The molecule has 1 fully saturated rings. The van der Waals surface area contributed by atoms with Crippen LogP contribution in [0.1, 0.15) is 66.9 Å². The minimum atomic E-state index is -0.179. The quantitative estimate of drug-likeness (QED) is 0.450. The van der Waals surface area contributed by atoms with Gasteiger partial charge in [-0.2, -0.15) is 0 Å². The van der Waals surface area contributed by atoms with E-state index in [1.165, 1.54) is 48.1 Å². The number of carbonyl (C=O) groups is 1. The fourth-order valence-corrected chi connectivity index (χ4v) is 6.66. The van der Waals surface area contributed by atoms with Crippen molar-refractivity contribution < 1.29 is 4.79 Å². The van der Waals surface area contributed by atoms with Crippen LogP contribution >= 0.6 is 23.1 Å². The number of aromatic nitrogens is 3. The number of thioether (sulfide) groups is 1. The van der Waals surface area contributed by atoms with Crippen molar-refractivity contribution in [2.24, 2.45) is 0 Å². The number of rotatable bonds is 6. The van der Waals surface area contributed by atoms with Gasteiger partial charge in [0.1, 0.15) is 5.82 Å². The van der Waals surface area contributed by atoms with Crippen LogP contribution in [0.25, 0.3) is 0 Å². The number of carbonyl (C=O) groups excluding carboxylic acids is 1. The molecular formula is C25H30N4OS2. The van der Waals surface area contributed by atoms with Crippen molar-refractivity contribution in [3.8, 4) is 0 Å². The Hall–Kier alpha value is -2.12. The summed E-state index contributed by atoms with van der Waals surface area (Å²) >= 11 is 3.35. The first-order chi connectivity index (χ1) is 15.7. The van der Waals surface area contributed by atoms with Gasteiger partial charge in [0.15, 0.2) is 5.16 Å². The van der Waals surface area contributed by atoms with Crippen molar-refractivity contribution in [3.05, 3.63) is 63.6 Å². The summed E-state index contributed by atoms with van der Waals surface area (Å²) in [7, 11) is 0. The second kappa shape index (κ2) is 9.79. The van der Waals surface area contributed by atoms with Crippen LogP contribution in [0, 0.1) is 0 Å². The van der Waals surface area contributed by atoms with Crippen molar-refractivity contribution >= 4 is 29.0 Å². The summed E-state index contributed by atoms with van der Waals surface area (Å²) < 4.78 is 2.36. The van der Waals surface area contributed by atoms with Crippen LogP contribution in [-0.4, -0.2) is 37.4 Å². The zero-order valence-electron chi connectivity index (χ0n) is 18.6. The van der Waals surface area contributed by atoms with E-state index in [1.807, 2.05) is 11.8 Å². The average Bonchev–Trinajstić information content (AvgIpc) is 3.49. The van der Waals surface area contributed by atoms with Gasteiger partial charge in [-0.1, -0.05) is 61.4 Å². The van der Waals surface area contributed by atoms with E-state index >= 15 is 0 Å². The molecule has 0 N–H and O–H groups in total. The molecule has 2 aromatic heterocycles. The zero-order valence-corrected chi connectivity index (χ0v) is 20.2. The lowest BCUT2D eigenvalue weighted by molar-refractivity contribution is -0.131. The smallest absolute Gasteiger partial charge is 0.236 e. The van der Waals surface area contributed by atoms with Gasteiger partial charge in [-0.25, -0.2) is 0 Å². The van der Waals surface area contributed by atoms with Crippen LogP contribution < -0.4 is 0 Å². The maximum atomic E-state index is 13.3. The Kier molecular flexibility index (Phi) is 6.64. The second-order valence-electron chi connectivity index (χ2n) is 8.86. The number of thiophene rings is 1. The minimum absolute atomic E-state index is 0.179. The van der Waals surface area contributed by atoms with Crippen LogP contribution in [0.3, 0.4) is 0 Å². The van der Waals surface area contributed by atoms with Gasteiger partial charge in [-0.15, -0.1) is 21.5 Å². The third-order valence-corrected chi connectivity index (χ3v) is 8.58. The third kappa shape index (κ3) is 4.64. The van der Waals surface area contributed by atoms with Gasteiger partial charge < -0.3 is 9.47 Å². The molecule has 1 saturated carbocycles. The molecule has 0 saturated heterocycles. The molecule has 0 bridgehead atoms. The molecule has 3 heterocycles. The zero-order chi connectivity index (χ0) is 21.9. The Balaban J connectivity index is 1.33. The molecule has 2 aliphatic rings. The van der Waals surface area contributed by atoms with Crippen LogP contribution in [0.4, 0.5) is 0 Å². The van der Waals surface area contributed by atoms with Gasteiger partial charge in [-0.05, 0) is 48.8 Å². The van der Waals surface area contributed by atoms with Crippen LogP contribution in [-0.2, 0) is 24.2 Å². The largest absolute Gasteiger partial charge is 0.337 e. The van der Waals surface area contributed by atoms with Crippen molar-refractivity contribution in [1.82, 2.24) is 19.7 Å². The van der Waals surface area contributed by atoms with E-state index < -0.39 is 0 Å². The van der Waals surface area contributed by atoms with E-state index in [0.29, 0.717) is 12.6 Å². The highest BCUT2D eigenvalue weighted by Gasteiger charge is 2.29. The lowest BCUT2D eigenvalue weighted by Crippen LogP contribution is -2.40. The monoisotopic (exact) mass is 466 g/mol. The molecule has 1 unspecified atom stereocenters. The number of hydrogen-bond acceptors (Lipinski definition) is 5. The van der Waals surface area contributed by atoms with E-state index in [1.54, 1.807) is 23.1 Å². The Bertz CT molecular complexity index is 1060. The highest BCUT2D eigenvalue weighted by atomic mass is 32.2. The molecule has 0 radical (unpaired) electrons. The fourth-order valence-electron chi connectivity index (χ4n) is 4.93. The molecule has 1 aliphatic carbocycles. The number of benzene rings is 1. The van der Waals surface area contributed by atoms with Crippen molar-refractivity contribution in [1.29, 1.82) is 0 Å². The van der Waals surface area contributed by atoms with E-state index in [9.17, 15) is 4.79 Å². The highest BCUT2D eigenvalue weighted by molar-refractivity contribution is 8.00. The lowest BCUT2D eigenvalue weighted by Gasteiger charge is -2.31. The van der Waals surface area contributed by atoms with Gasteiger partial charge in [0.25, 0.3) is 0 Å². The van der Waals surface area contributed by atoms with Gasteiger partial charge in [0.05, 0.1) is 5.25 Å². The molecule has 1 aliphatic heterocycles. The van der Waals surface area contributed by atoms with Gasteiger partial charge in [0, 0.05) is 30.4 Å². The predicted molar refractivity (Wildman–Crippen MR) is 130 cm³/mol. The first-order valence-corrected chi connectivity index (χ1v) is 13.4. The number of fused-ring (bicyclic) bond motifs is 1. The fraction of sp³-hybridized carbons (Fsp3) is 0.480. The van der Waals surface area contributed by atoms with Crippen molar-refractivity contribution in [2.45, 2.75) is 74.9 Å². The van der Waals surface area contributed by atoms with E-state index in [4.69, 9.17) is 0 Å². The number of hydrogen-bond donors (Lipinski definition) is 0. The summed E-state index contributed by atoms with van der Waals surface area (Å²) in [5.74, 6) is 1.23. The molecule has 5 nitrogen and oxygen atoms in total. The summed E-state index contributed by atoms with van der Waals surface area (Å²) in [6.45, 7) is 3.52. The predicted octanol–water partition coefficient (Wildman–Crippen LogP) is 5.50. The highest BCUT2D eigenvalue weighted by Crippen LogP contribution is 2.35. The lowest BCUT2D eigenvalue weighted by atomic mass is 9.95. The van der Waals surface area contributed by atoms with Gasteiger partial charge in [-0.3, -0.25) is 4.79 Å². The van der Waals surface area contributed by atoms with Crippen LogP contribution in [0.5, 0.6) is 0 Å². The Morgan fingerprint density at radius 3 is 2.72 bits per heavy atom. The molecule has 3 aromatic rings. The van der Waals surface area contributed by atoms with Gasteiger partial charge >= 0.3 is 0 Å². The van der Waals surface area contributed by atoms with Crippen molar-refractivity contribution in [3.63, 3.8) is 0 Å². The van der Waals surface area contributed by atoms with E-state index in [2.05, 4.69) is 56.5 Å². The van der Waals surface area contributed by atoms with Gasteiger partial charge in [0.2, 0.25) is 5.91 Å². The maximum absolute atomic E-state index is 13.3. The average molecular weight is 467 g/mol. The van der Waals surface area contributed by atoms with Crippen LogP contribution in [0.2, 0.25) is 0 Å². The summed E-state index contributed by atoms with van der Waals surface area (Å²) in [6.07, 6.45) is 7.92. The second-order valence-corrected chi connectivity index (χ2v) is 11.2. The van der Waals surface area contributed by atoms with Crippen molar-refractivity contribution in [2.75, 3.05) is 6.54 Å². The summed E-state index contributed by atoms with van der Waals surface area (Å²) in [4.78, 5) is 16.6. The summed E-state index contributed by atoms with van der Waals surface area (Å²) in [5.41, 5.74) is 2.64. The molecule has 7 heteroatoms. The first kappa shape index (κ1) is 21.7. The van der Waals surface area contributed by atoms with E-state index in [-0.39, 0.29) is 11.2 Å². The molecule has 32 heavy (non-hydrogen) atoms. The van der Waals surface area contributed by atoms with E-state index in [0.717, 1.165) is 30.4 Å². The third-order valence-electron chi connectivity index (χ3n) is 6.66.